The molecule has 0 bridgehead atoms. The van der Waals surface area contributed by atoms with Crippen molar-refractivity contribution < 1.29 is 19.8 Å². The first-order valence-corrected chi connectivity index (χ1v) is 8.15. The van der Waals surface area contributed by atoms with Gasteiger partial charge in [0.25, 0.3) is 0 Å². The number of carboxylic acid groups (broad SMARTS) is 2. The predicted molar refractivity (Wildman–Crippen MR) is 101 cm³/mol. The third-order valence-corrected chi connectivity index (χ3v) is 4.34. The molecule has 4 nitrogen and oxygen atoms in total. The zero-order valence-corrected chi connectivity index (χ0v) is 14.5. The van der Waals surface area contributed by atoms with Crippen LogP contribution in [-0.2, 0) is 0 Å². The van der Waals surface area contributed by atoms with E-state index in [1.54, 1.807) is 24.3 Å². The minimum absolute atomic E-state index is 0.0782. The van der Waals surface area contributed by atoms with Crippen molar-refractivity contribution in [3.8, 4) is 22.3 Å². The summed E-state index contributed by atoms with van der Waals surface area (Å²) in [6.45, 7) is 3.87. The molecule has 0 heterocycles. The summed E-state index contributed by atoms with van der Waals surface area (Å²) in [6.07, 6.45) is 0. The van der Waals surface area contributed by atoms with Gasteiger partial charge < -0.3 is 10.2 Å². The minimum Gasteiger partial charge on any atom is -0.478 e. The maximum atomic E-state index is 11.8. The highest BCUT2D eigenvalue weighted by Crippen LogP contribution is 2.33. The Balaban J connectivity index is 2.28. The summed E-state index contributed by atoms with van der Waals surface area (Å²) in [6, 6.07) is 17.6. The highest BCUT2D eigenvalue weighted by molar-refractivity contribution is 6.04. The fourth-order valence-electron chi connectivity index (χ4n) is 2.90. The van der Waals surface area contributed by atoms with E-state index >= 15 is 0 Å². The Kier molecular flexibility index (Phi) is 4.59. The number of carboxylic acids is 2. The fourth-order valence-corrected chi connectivity index (χ4v) is 2.90. The maximum absolute atomic E-state index is 11.8. The second-order valence-corrected chi connectivity index (χ2v) is 6.29. The minimum atomic E-state index is -1.09. The summed E-state index contributed by atoms with van der Waals surface area (Å²) in [5.41, 5.74) is 4.37. The Morgan fingerprint density at radius 3 is 1.19 bits per heavy atom. The molecule has 0 saturated carbocycles. The van der Waals surface area contributed by atoms with Gasteiger partial charge in [0, 0.05) is 0 Å². The number of rotatable bonds is 4. The van der Waals surface area contributed by atoms with Crippen LogP contribution in [0.25, 0.3) is 22.3 Å². The molecule has 3 aromatic rings. The molecule has 0 saturated heterocycles. The van der Waals surface area contributed by atoms with Crippen LogP contribution in [0.15, 0.2) is 60.7 Å². The fraction of sp³-hybridized carbons (Fsp3) is 0.0909. The van der Waals surface area contributed by atoms with E-state index in [0.717, 1.165) is 11.1 Å². The van der Waals surface area contributed by atoms with Crippen molar-refractivity contribution in [2.75, 3.05) is 0 Å². The van der Waals surface area contributed by atoms with Crippen molar-refractivity contribution in [2.45, 2.75) is 13.8 Å². The zero-order chi connectivity index (χ0) is 18.8. The molecule has 4 heteroatoms. The zero-order valence-electron chi connectivity index (χ0n) is 14.5. The van der Waals surface area contributed by atoms with Crippen LogP contribution >= 0.6 is 0 Å². The van der Waals surface area contributed by atoms with E-state index in [0.29, 0.717) is 22.3 Å². The Morgan fingerprint density at radius 1 is 0.615 bits per heavy atom. The normalized spacial score (nSPS) is 10.5. The van der Waals surface area contributed by atoms with Crippen LogP contribution in [0.5, 0.6) is 0 Å². The highest BCUT2D eigenvalue weighted by atomic mass is 16.4. The van der Waals surface area contributed by atoms with Gasteiger partial charge in [-0.25, -0.2) is 9.59 Å². The van der Waals surface area contributed by atoms with Crippen LogP contribution in [0.4, 0.5) is 0 Å². The standard InChI is InChI=1S/C22H18O4/c1-13-3-7-15(8-4-13)17-11-20(22(25)26)18(12-19(17)21(23)24)16-9-5-14(2)6-10-16/h3-12H,1-2H3,(H,23,24)(H,25,26). The summed E-state index contributed by atoms with van der Waals surface area (Å²) in [5, 5.41) is 19.4. The SMILES string of the molecule is Cc1ccc(-c2cc(C(=O)O)c(-c3ccc(C)cc3)cc2C(=O)O)cc1. The molecule has 2 N–H and O–H groups in total. The van der Waals surface area contributed by atoms with Gasteiger partial charge in [0.1, 0.15) is 0 Å². The smallest absolute Gasteiger partial charge is 0.336 e. The van der Waals surface area contributed by atoms with E-state index < -0.39 is 11.9 Å². The van der Waals surface area contributed by atoms with E-state index in [1.165, 1.54) is 12.1 Å². The Bertz CT molecular complexity index is 901. The summed E-state index contributed by atoms with van der Waals surface area (Å²) < 4.78 is 0. The van der Waals surface area contributed by atoms with E-state index in [4.69, 9.17) is 0 Å². The van der Waals surface area contributed by atoms with Gasteiger partial charge >= 0.3 is 11.9 Å². The molecule has 26 heavy (non-hydrogen) atoms. The highest BCUT2D eigenvalue weighted by Gasteiger charge is 2.20. The number of hydrogen-bond acceptors (Lipinski definition) is 2. The van der Waals surface area contributed by atoms with Crippen molar-refractivity contribution in [1.82, 2.24) is 0 Å². The van der Waals surface area contributed by atoms with Crippen LogP contribution in [0.1, 0.15) is 31.8 Å². The number of hydrogen-bond donors (Lipinski definition) is 2. The van der Waals surface area contributed by atoms with E-state index in [1.807, 2.05) is 38.1 Å². The van der Waals surface area contributed by atoms with E-state index in [2.05, 4.69) is 0 Å². The van der Waals surface area contributed by atoms with Crippen LogP contribution in [0, 0.1) is 13.8 Å². The average molecular weight is 346 g/mol. The number of aromatic carboxylic acids is 2. The largest absolute Gasteiger partial charge is 0.478 e. The molecule has 0 atom stereocenters. The predicted octanol–water partition coefficient (Wildman–Crippen LogP) is 5.03. The summed E-state index contributed by atoms with van der Waals surface area (Å²) >= 11 is 0. The lowest BCUT2D eigenvalue weighted by molar-refractivity contribution is 0.0682. The molecule has 0 fully saturated rings. The monoisotopic (exact) mass is 346 g/mol. The van der Waals surface area contributed by atoms with Gasteiger partial charge in [-0.15, -0.1) is 0 Å². The lowest BCUT2D eigenvalue weighted by atomic mass is 9.90. The number of aryl methyl sites for hydroxylation is 2. The molecule has 3 rings (SSSR count). The molecule has 0 aliphatic heterocycles. The van der Waals surface area contributed by atoms with Crippen molar-refractivity contribution in [3.05, 3.63) is 82.9 Å². The van der Waals surface area contributed by atoms with Gasteiger partial charge in [0.05, 0.1) is 11.1 Å². The molecule has 0 aliphatic rings. The van der Waals surface area contributed by atoms with Crippen molar-refractivity contribution >= 4 is 11.9 Å². The van der Waals surface area contributed by atoms with Gasteiger partial charge in [0.15, 0.2) is 0 Å². The molecule has 0 radical (unpaired) electrons. The summed E-state index contributed by atoms with van der Waals surface area (Å²) in [5.74, 6) is -2.18. The molecular weight excluding hydrogens is 328 g/mol. The van der Waals surface area contributed by atoms with Gasteiger partial charge in [-0.1, -0.05) is 59.7 Å². The lowest BCUT2D eigenvalue weighted by Gasteiger charge is -2.13. The van der Waals surface area contributed by atoms with Gasteiger partial charge in [-0.05, 0) is 48.2 Å². The first-order valence-electron chi connectivity index (χ1n) is 8.15. The molecular formula is C22H18O4. The van der Waals surface area contributed by atoms with Crippen LogP contribution < -0.4 is 0 Å². The van der Waals surface area contributed by atoms with Crippen molar-refractivity contribution in [1.29, 1.82) is 0 Å². The Hall–Kier alpha value is -3.40. The molecule has 3 aromatic carbocycles. The van der Waals surface area contributed by atoms with Crippen molar-refractivity contribution in [2.24, 2.45) is 0 Å². The average Bonchev–Trinajstić information content (AvgIpc) is 2.62. The topological polar surface area (TPSA) is 74.6 Å². The molecule has 0 unspecified atom stereocenters. The van der Waals surface area contributed by atoms with Gasteiger partial charge in [-0.2, -0.15) is 0 Å². The van der Waals surface area contributed by atoms with Crippen LogP contribution in [-0.4, -0.2) is 22.2 Å². The summed E-state index contributed by atoms with van der Waals surface area (Å²) in [4.78, 5) is 23.7. The third kappa shape index (κ3) is 3.35. The van der Waals surface area contributed by atoms with E-state index in [9.17, 15) is 19.8 Å². The third-order valence-electron chi connectivity index (χ3n) is 4.34. The van der Waals surface area contributed by atoms with E-state index in [-0.39, 0.29) is 11.1 Å². The van der Waals surface area contributed by atoms with Crippen LogP contribution in [0.3, 0.4) is 0 Å². The maximum Gasteiger partial charge on any atom is 0.336 e. The molecule has 0 amide bonds. The summed E-state index contributed by atoms with van der Waals surface area (Å²) in [7, 11) is 0. The quantitative estimate of drug-likeness (QED) is 0.694. The number of carbonyl (C=O) groups is 2. The number of benzene rings is 3. The first kappa shape index (κ1) is 17.4. The molecule has 0 aliphatic carbocycles. The van der Waals surface area contributed by atoms with Gasteiger partial charge in [-0.3, -0.25) is 0 Å². The molecule has 0 aromatic heterocycles. The Labute approximate surface area is 151 Å². The Morgan fingerprint density at radius 2 is 0.923 bits per heavy atom. The van der Waals surface area contributed by atoms with Crippen LogP contribution in [0.2, 0.25) is 0 Å². The lowest BCUT2D eigenvalue weighted by Crippen LogP contribution is -2.06. The second kappa shape index (κ2) is 6.84. The van der Waals surface area contributed by atoms with Gasteiger partial charge in [0.2, 0.25) is 0 Å². The molecule has 0 spiro atoms. The second-order valence-electron chi connectivity index (χ2n) is 6.29. The first-order chi connectivity index (χ1) is 12.4. The molecule has 130 valence electrons. The van der Waals surface area contributed by atoms with Crippen molar-refractivity contribution in [3.63, 3.8) is 0 Å².